The lowest BCUT2D eigenvalue weighted by Gasteiger charge is -2.12. The van der Waals surface area contributed by atoms with Gasteiger partial charge < -0.3 is 4.74 Å². The molecule has 0 aliphatic rings. The van der Waals surface area contributed by atoms with Crippen molar-refractivity contribution in [1.82, 2.24) is 0 Å². The standard InChI is InChI=1S/C10H13ClFNO3S/c1-7(6-17(13,14)15)5-16-8-2-3-10(12)9(11)4-8/h2-4,7H,5-6H2,1H3,(H2,13,14,15). The molecule has 0 heterocycles. The van der Waals surface area contributed by atoms with Gasteiger partial charge in [-0.2, -0.15) is 0 Å². The molecule has 0 saturated heterocycles. The molecule has 0 radical (unpaired) electrons. The minimum absolute atomic E-state index is 0.0402. The smallest absolute Gasteiger partial charge is 0.209 e. The minimum atomic E-state index is -3.51. The number of nitrogens with two attached hydrogens (primary N) is 1. The molecular formula is C10H13ClFNO3S. The van der Waals surface area contributed by atoms with Gasteiger partial charge in [-0.25, -0.2) is 17.9 Å². The van der Waals surface area contributed by atoms with E-state index in [2.05, 4.69) is 0 Å². The monoisotopic (exact) mass is 281 g/mol. The Bertz CT molecular complexity index is 492. The average Bonchev–Trinajstić information content (AvgIpc) is 2.17. The minimum Gasteiger partial charge on any atom is -0.493 e. The third-order valence-corrected chi connectivity index (χ3v) is 3.27. The van der Waals surface area contributed by atoms with Crippen molar-refractivity contribution >= 4 is 21.6 Å². The summed E-state index contributed by atoms with van der Waals surface area (Å²) in [7, 11) is -3.51. The van der Waals surface area contributed by atoms with Crippen LogP contribution in [0.1, 0.15) is 6.92 Å². The van der Waals surface area contributed by atoms with Gasteiger partial charge in [0.1, 0.15) is 11.6 Å². The number of primary sulfonamides is 1. The Balaban J connectivity index is 2.53. The predicted molar refractivity (Wildman–Crippen MR) is 64.0 cm³/mol. The Labute approximate surface area is 105 Å². The summed E-state index contributed by atoms with van der Waals surface area (Å²) in [5.74, 6) is -0.565. The first-order valence-corrected chi connectivity index (χ1v) is 6.95. The van der Waals surface area contributed by atoms with E-state index in [-0.39, 0.29) is 23.3 Å². The maximum Gasteiger partial charge on any atom is 0.209 e. The fourth-order valence-electron chi connectivity index (χ4n) is 1.25. The predicted octanol–water partition coefficient (Wildman–Crippen LogP) is 1.78. The van der Waals surface area contributed by atoms with Gasteiger partial charge in [-0.15, -0.1) is 0 Å². The highest BCUT2D eigenvalue weighted by Gasteiger charge is 2.12. The topological polar surface area (TPSA) is 69.4 Å². The molecular weight excluding hydrogens is 269 g/mol. The molecule has 1 aromatic carbocycles. The highest BCUT2D eigenvalue weighted by molar-refractivity contribution is 7.89. The molecule has 0 aliphatic carbocycles. The van der Waals surface area contributed by atoms with Crippen molar-refractivity contribution in [1.29, 1.82) is 0 Å². The molecule has 0 fully saturated rings. The Morgan fingerprint density at radius 1 is 1.53 bits per heavy atom. The zero-order chi connectivity index (χ0) is 13.1. The van der Waals surface area contributed by atoms with Crippen LogP contribution in [-0.4, -0.2) is 20.8 Å². The summed E-state index contributed by atoms with van der Waals surface area (Å²) in [6.45, 7) is 1.86. The first-order chi connectivity index (χ1) is 7.78. The second-order valence-corrected chi connectivity index (χ2v) is 5.89. The number of benzene rings is 1. The number of sulfonamides is 1. The van der Waals surface area contributed by atoms with Crippen molar-refractivity contribution in [3.8, 4) is 5.75 Å². The highest BCUT2D eigenvalue weighted by Crippen LogP contribution is 2.21. The number of rotatable bonds is 5. The van der Waals surface area contributed by atoms with E-state index in [0.29, 0.717) is 5.75 Å². The molecule has 2 N–H and O–H groups in total. The summed E-state index contributed by atoms with van der Waals surface area (Å²) in [6.07, 6.45) is 0. The third kappa shape index (κ3) is 5.34. The largest absolute Gasteiger partial charge is 0.493 e. The van der Waals surface area contributed by atoms with Gasteiger partial charge in [0, 0.05) is 12.0 Å². The first-order valence-electron chi connectivity index (χ1n) is 4.86. The summed E-state index contributed by atoms with van der Waals surface area (Å²) in [5.41, 5.74) is 0. The molecule has 0 aliphatic heterocycles. The summed E-state index contributed by atoms with van der Waals surface area (Å²) in [4.78, 5) is 0. The van der Waals surface area contributed by atoms with E-state index in [9.17, 15) is 12.8 Å². The van der Waals surface area contributed by atoms with Crippen molar-refractivity contribution in [3.05, 3.63) is 29.0 Å². The Morgan fingerprint density at radius 2 is 2.18 bits per heavy atom. The number of hydrogen-bond acceptors (Lipinski definition) is 3. The van der Waals surface area contributed by atoms with Crippen LogP contribution in [0.25, 0.3) is 0 Å². The van der Waals surface area contributed by atoms with Crippen LogP contribution in [0.5, 0.6) is 5.75 Å². The van der Waals surface area contributed by atoms with Crippen LogP contribution in [0.4, 0.5) is 4.39 Å². The van der Waals surface area contributed by atoms with Crippen molar-refractivity contribution in [2.75, 3.05) is 12.4 Å². The lowest BCUT2D eigenvalue weighted by molar-refractivity contribution is 0.271. The van der Waals surface area contributed by atoms with Gasteiger partial charge in [0.05, 0.1) is 17.4 Å². The van der Waals surface area contributed by atoms with E-state index >= 15 is 0 Å². The molecule has 0 spiro atoms. The van der Waals surface area contributed by atoms with Gasteiger partial charge in [0.25, 0.3) is 0 Å². The number of hydrogen-bond donors (Lipinski definition) is 1. The zero-order valence-corrected chi connectivity index (χ0v) is 10.8. The Hall–Kier alpha value is -0.850. The fraction of sp³-hybridized carbons (Fsp3) is 0.400. The average molecular weight is 282 g/mol. The Morgan fingerprint density at radius 3 is 2.71 bits per heavy atom. The number of ether oxygens (including phenoxy) is 1. The fourth-order valence-corrected chi connectivity index (χ4v) is 2.31. The molecule has 1 unspecified atom stereocenters. The van der Waals surface area contributed by atoms with Crippen LogP contribution in [-0.2, 0) is 10.0 Å². The van der Waals surface area contributed by atoms with Gasteiger partial charge in [-0.1, -0.05) is 18.5 Å². The summed E-state index contributed by atoms with van der Waals surface area (Å²) in [6, 6.07) is 3.94. The molecule has 0 aromatic heterocycles. The van der Waals surface area contributed by atoms with Crippen molar-refractivity contribution < 1.29 is 17.5 Å². The van der Waals surface area contributed by atoms with Crippen molar-refractivity contribution in [2.24, 2.45) is 11.1 Å². The van der Waals surface area contributed by atoms with Gasteiger partial charge in [-0.3, -0.25) is 0 Å². The SMILES string of the molecule is CC(COc1ccc(F)c(Cl)c1)CS(N)(=O)=O. The molecule has 0 saturated carbocycles. The van der Waals surface area contributed by atoms with E-state index < -0.39 is 15.8 Å². The van der Waals surface area contributed by atoms with Crippen LogP contribution in [0, 0.1) is 11.7 Å². The lowest BCUT2D eigenvalue weighted by atomic mass is 10.2. The van der Waals surface area contributed by atoms with E-state index in [1.165, 1.54) is 18.2 Å². The maximum absolute atomic E-state index is 12.8. The molecule has 1 rings (SSSR count). The molecule has 4 nitrogen and oxygen atoms in total. The summed E-state index contributed by atoms with van der Waals surface area (Å²) in [5, 5.41) is 4.86. The van der Waals surface area contributed by atoms with E-state index in [0.717, 1.165) is 0 Å². The first kappa shape index (κ1) is 14.2. The summed E-state index contributed by atoms with van der Waals surface area (Å²) >= 11 is 5.56. The quantitative estimate of drug-likeness (QED) is 0.894. The van der Waals surface area contributed by atoms with Crippen LogP contribution >= 0.6 is 11.6 Å². The van der Waals surface area contributed by atoms with Crippen LogP contribution in [0.3, 0.4) is 0 Å². The van der Waals surface area contributed by atoms with Crippen LogP contribution in [0.15, 0.2) is 18.2 Å². The second kappa shape index (κ2) is 5.66. The highest BCUT2D eigenvalue weighted by atomic mass is 35.5. The number of halogens is 2. The van der Waals surface area contributed by atoms with Crippen molar-refractivity contribution in [3.63, 3.8) is 0 Å². The summed E-state index contributed by atoms with van der Waals surface area (Å²) < 4.78 is 39.7. The molecule has 7 heteroatoms. The molecule has 0 amide bonds. The van der Waals surface area contributed by atoms with E-state index in [1.54, 1.807) is 6.92 Å². The van der Waals surface area contributed by atoms with Gasteiger partial charge >= 0.3 is 0 Å². The molecule has 0 bridgehead atoms. The Kier molecular flexibility index (Phi) is 4.73. The van der Waals surface area contributed by atoms with Crippen molar-refractivity contribution in [2.45, 2.75) is 6.92 Å². The van der Waals surface area contributed by atoms with Gasteiger partial charge in [0.2, 0.25) is 10.0 Å². The molecule has 96 valence electrons. The van der Waals surface area contributed by atoms with E-state index in [4.69, 9.17) is 21.5 Å². The van der Waals surface area contributed by atoms with Gasteiger partial charge in [-0.05, 0) is 12.1 Å². The van der Waals surface area contributed by atoms with Gasteiger partial charge in [0.15, 0.2) is 0 Å². The molecule has 17 heavy (non-hydrogen) atoms. The van der Waals surface area contributed by atoms with Crippen LogP contribution < -0.4 is 9.88 Å². The van der Waals surface area contributed by atoms with Crippen LogP contribution in [0.2, 0.25) is 5.02 Å². The maximum atomic E-state index is 12.8. The molecule has 1 atom stereocenters. The zero-order valence-electron chi connectivity index (χ0n) is 9.19. The second-order valence-electron chi connectivity index (χ2n) is 3.82. The third-order valence-electron chi connectivity index (χ3n) is 1.94. The molecule has 1 aromatic rings. The van der Waals surface area contributed by atoms with E-state index in [1.807, 2.05) is 0 Å². The lowest BCUT2D eigenvalue weighted by Crippen LogP contribution is -2.25. The normalized spacial score (nSPS) is 13.4.